The first-order chi connectivity index (χ1) is 10.8. The van der Waals surface area contributed by atoms with E-state index >= 15 is 0 Å². The van der Waals surface area contributed by atoms with Gasteiger partial charge in [-0.15, -0.1) is 11.3 Å². The SMILES string of the molecule is COC(=O)c1sc(C)c(Cl)c1N(CC1CCN(C)CC1)C(C)=O. The Balaban J connectivity index is 2.31. The molecule has 2 rings (SSSR count). The second kappa shape index (κ2) is 7.64. The molecule has 0 N–H and O–H groups in total. The van der Waals surface area contributed by atoms with Crippen LogP contribution in [-0.2, 0) is 9.53 Å². The lowest BCUT2D eigenvalue weighted by Crippen LogP contribution is -2.39. The van der Waals surface area contributed by atoms with Gasteiger partial charge in [-0.2, -0.15) is 0 Å². The zero-order valence-corrected chi connectivity index (χ0v) is 15.6. The second-order valence-corrected chi connectivity index (χ2v) is 7.62. The summed E-state index contributed by atoms with van der Waals surface area (Å²) in [6, 6.07) is 0. The van der Waals surface area contributed by atoms with Crippen LogP contribution in [0.1, 0.15) is 34.3 Å². The highest BCUT2D eigenvalue weighted by Gasteiger charge is 2.30. The molecule has 0 aliphatic carbocycles. The van der Waals surface area contributed by atoms with E-state index in [1.54, 1.807) is 4.90 Å². The summed E-state index contributed by atoms with van der Waals surface area (Å²) in [4.78, 5) is 29.4. The minimum Gasteiger partial charge on any atom is -0.465 e. The molecule has 5 nitrogen and oxygen atoms in total. The van der Waals surface area contributed by atoms with Gasteiger partial charge >= 0.3 is 5.97 Å². The molecule has 128 valence electrons. The van der Waals surface area contributed by atoms with Gasteiger partial charge in [-0.3, -0.25) is 4.79 Å². The zero-order chi connectivity index (χ0) is 17.1. The maximum absolute atomic E-state index is 12.2. The van der Waals surface area contributed by atoms with Gasteiger partial charge in [0.15, 0.2) is 0 Å². The number of carbonyl (C=O) groups excluding carboxylic acids is 2. The topological polar surface area (TPSA) is 49.9 Å². The lowest BCUT2D eigenvalue weighted by Gasteiger charge is -2.33. The zero-order valence-electron chi connectivity index (χ0n) is 14.0. The average Bonchev–Trinajstić information content (AvgIpc) is 2.81. The van der Waals surface area contributed by atoms with E-state index in [9.17, 15) is 9.59 Å². The maximum Gasteiger partial charge on any atom is 0.350 e. The summed E-state index contributed by atoms with van der Waals surface area (Å²) in [5, 5.41) is 0.471. The van der Waals surface area contributed by atoms with Gasteiger partial charge in [0, 0.05) is 18.3 Å². The molecule has 1 saturated heterocycles. The number of nitrogens with zero attached hydrogens (tertiary/aromatic N) is 2. The summed E-state index contributed by atoms with van der Waals surface area (Å²) < 4.78 is 4.85. The van der Waals surface area contributed by atoms with Crippen LogP contribution in [-0.4, -0.2) is 50.6 Å². The van der Waals surface area contributed by atoms with Gasteiger partial charge in [0.25, 0.3) is 0 Å². The van der Waals surface area contributed by atoms with E-state index in [4.69, 9.17) is 16.3 Å². The van der Waals surface area contributed by atoms with E-state index in [1.807, 2.05) is 6.92 Å². The van der Waals surface area contributed by atoms with Gasteiger partial charge in [-0.1, -0.05) is 11.6 Å². The van der Waals surface area contributed by atoms with Crippen molar-refractivity contribution in [2.45, 2.75) is 26.7 Å². The van der Waals surface area contributed by atoms with E-state index in [-0.39, 0.29) is 5.91 Å². The number of hydrogen-bond acceptors (Lipinski definition) is 5. The number of rotatable bonds is 4. The number of likely N-dealkylation sites (tertiary alicyclic amines) is 1. The number of amides is 1. The van der Waals surface area contributed by atoms with Crippen LogP contribution in [0.2, 0.25) is 5.02 Å². The number of aryl methyl sites for hydroxylation is 1. The van der Waals surface area contributed by atoms with Crippen molar-refractivity contribution in [2.75, 3.05) is 38.7 Å². The Morgan fingerprint density at radius 1 is 1.39 bits per heavy atom. The summed E-state index contributed by atoms with van der Waals surface area (Å²) in [6.45, 7) is 5.99. The van der Waals surface area contributed by atoms with Crippen LogP contribution in [0.25, 0.3) is 0 Å². The minimum atomic E-state index is -0.449. The first-order valence-corrected chi connectivity index (χ1v) is 8.88. The molecule has 23 heavy (non-hydrogen) atoms. The fourth-order valence-electron chi connectivity index (χ4n) is 2.86. The lowest BCUT2D eigenvalue weighted by molar-refractivity contribution is -0.116. The van der Waals surface area contributed by atoms with E-state index < -0.39 is 5.97 Å². The quantitative estimate of drug-likeness (QED) is 0.775. The fraction of sp³-hybridized carbons (Fsp3) is 0.625. The second-order valence-electron chi connectivity index (χ2n) is 6.02. The number of hydrogen-bond donors (Lipinski definition) is 0. The van der Waals surface area contributed by atoms with Gasteiger partial charge in [-0.25, -0.2) is 4.79 Å². The van der Waals surface area contributed by atoms with E-state index in [0.717, 1.165) is 30.8 Å². The Hall–Kier alpha value is -1.11. The number of anilines is 1. The number of ether oxygens (including phenoxy) is 1. The Bertz CT molecular complexity index is 594. The Labute approximate surface area is 146 Å². The van der Waals surface area contributed by atoms with Crippen molar-refractivity contribution in [3.63, 3.8) is 0 Å². The minimum absolute atomic E-state index is 0.103. The molecule has 0 saturated carbocycles. The van der Waals surface area contributed by atoms with E-state index in [0.29, 0.717) is 28.0 Å². The molecule has 2 heterocycles. The van der Waals surface area contributed by atoms with Gasteiger partial charge in [0.1, 0.15) is 4.88 Å². The van der Waals surface area contributed by atoms with E-state index in [2.05, 4.69) is 11.9 Å². The van der Waals surface area contributed by atoms with Gasteiger partial charge in [-0.05, 0) is 45.8 Å². The van der Waals surface area contributed by atoms with Crippen LogP contribution in [0.4, 0.5) is 5.69 Å². The third-order valence-corrected chi connectivity index (χ3v) is 5.94. The van der Waals surface area contributed by atoms with Gasteiger partial charge < -0.3 is 14.5 Å². The van der Waals surface area contributed by atoms with Gasteiger partial charge in [0.05, 0.1) is 17.8 Å². The van der Waals surface area contributed by atoms with Gasteiger partial charge in [0.2, 0.25) is 5.91 Å². The standard InChI is InChI=1S/C16H23ClN2O3S/c1-10-13(17)14(15(23-10)16(21)22-4)19(11(2)20)9-12-5-7-18(3)8-6-12/h12H,5-9H2,1-4H3. The first kappa shape index (κ1) is 18.2. The molecule has 0 atom stereocenters. The molecular formula is C16H23ClN2O3S. The molecule has 1 aromatic rings. The van der Waals surface area contributed by atoms with Crippen molar-refractivity contribution in [2.24, 2.45) is 5.92 Å². The predicted octanol–water partition coefficient (Wildman–Crippen LogP) is 3.19. The highest BCUT2D eigenvalue weighted by molar-refractivity contribution is 7.15. The van der Waals surface area contributed by atoms with Crippen LogP contribution in [0.3, 0.4) is 0 Å². The van der Waals surface area contributed by atoms with Crippen molar-refractivity contribution >= 4 is 40.5 Å². The molecular weight excluding hydrogens is 336 g/mol. The molecule has 1 aliphatic heterocycles. The smallest absolute Gasteiger partial charge is 0.350 e. The van der Waals surface area contributed by atoms with Crippen LogP contribution < -0.4 is 4.90 Å². The molecule has 0 spiro atoms. The number of methoxy groups -OCH3 is 1. The Morgan fingerprint density at radius 2 is 2.00 bits per heavy atom. The highest BCUT2D eigenvalue weighted by Crippen LogP contribution is 2.40. The third kappa shape index (κ3) is 4.05. The molecule has 0 bridgehead atoms. The Morgan fingerprint density at radius 3 is 2.52 bits per heavy atom. The largest absolute Gasteiger partial charge is 0.465 e. The third-order valence-electron chi connectivity index (χ3n) is 4.29. The summed E-state index contributed by atoms with van der Waals surface area (Å²) in [5.74, 6) is -0.139. The van der Waals surface area contributed by atoms with E-state index in [1.165, 1.54) is 25.4 Å². The van der Waals surface area contributed by atoms with Crippen molar-refractivity contribution in [3.8, 4) is 0 Å². The summed E-state index contributed by atoms with van der Waals surface area (Å²) in [5.41, 5.74) is 0.507. The molecule has 1 aromatic heterocycles. The fourth-order valence-corrected chi connectivity index (χ4v) is 4.20. The molecule has 7 heteroatoms. The molecule has 0 radical (unpaired) electrons. The monoisotopic (exact) mass is 358 g/mol. The summed E-state index contributed by atoms with van der Waals surface area (Å²) >= 11 is 7.67. The summed E-state index contributed by atoms with van der Waals surface area (Å²) in [7, 11) is 3.44. The van der Waals surface area contributed by atoms with Crippen molar-refractivity contribution in [1.29, 1.82) is 0 Å². The van der Waals surface area contributed by atoms with Crippen LogP contribution in [0.5, 0.6) is 0 Å². The molecule has 1 amide bonds. The van der Waals surface area contributed by atoms with Crippen LogP contribution >= 0.6 is 22.9 Å². The van der Waals surface area contributed by atoms with Crippen molar-refractivity contribution < 1.29 is 14.3 Å². The maximum atomic E-state index is 12.2. The predicted molar refractivity (Wildman–Crippen MR) is 93.7 cm³/mol. The highest BCUT2D eigenvalue weighted by atomic mass is 35.5. The molecule has 0 unspecified atom stereocenters. The molecule has 1 aliphatic rings. The number of esters is 1. The van der Waals surface area contributed by atoms with Crippen LogP contribution in [0.15, 0.2) is 0 Å². The Kier molecular flexibility index (Phi) is 6.06. The normalized spacial score (nSPS) is 16.4. The molecule has 1 fully saturated rings. The average molecular weight is 359 g/mol. The summed E-state index contributed by atoms with van der Waals surface area (Å²) in [6.07, 6.45) is 2.07. The van der Waals surface area contributed by atoms with Crippen molar-refractivity contribution in [3.05, 3.63) is 14.8 Å². The van der Waals surface area contributed by atoms with Crippen molar-refractivity contribution in [1.82, 2.24) is 4.90 Å². The van der Waals surface area contributed by atoms with Crippen LogP contribution in [0, 0.1) is 12.8 Å². The number of halogens is 1. The number of thiophene rings is 1. The lowest BCUT2D eigenvalue weighted by atomic mass is 9.96. The number of carbonyl (C=O) groups is 2. The first-order valence-electron chi connectivity index (χ1n) is 7.69. The molecule has 0 aromatic carbocycles. The number of piperidine rings is 1.